The summed E-state index contributed by atoms with van der Waals surface area (Å²) in [6.07, 6.45) is 1.74. The van der Waals surface area contributed by atoms with Gasteiger partial charge in [0.25, 0.3) is 0 Å². The molecule has 0 saturated carbocycles. The second-order valence-electron chi connectivity index (χ2n) is 4.71. The van der Waals surface area contributed by atoms with Crippen molar-refractivity contribution in [2.45, 2.75) is 6.92 Å². The van der Waals surface area contributed by atoms with Crippen LogP contribution in [0.25, 0.3) is 10.9 Å². The van der Waals surface area contributed by atoms with Gasteiger partial charge in [-0.05, 0) is 42.8 Å². The number of aryl methyl sites for hydroxylation is 1. The van der Waals surface area contributed by atoms with Crippen LogP contribution in [0.5, 0.6) is 5.75 Å². The number of anilines is 2. The van der Waals surface area contributed by atoms with Crippen molar-refractivity contribution in [1.82, 2.24) is 9.97 Å². The highest BCUT2D eigenvalue weighted by Crippen LogP contribution is 2.21. The molecule has 3 rings (SSSR count). The summed E-state index contributed by atoms with van der Waals surface area (Å²) in [5, 5.41) is 4.00. The average molecular weight is 283 g/mol. The van der Waals surface area contributed by atoms with E-state index in [-0.39, 0.29) is 5.82 Å². The fourth-order valence-electron chi connectivity index (χ4n) is 2.04. The number of hydrogen-bond donors (Lipinski definition) is 1. The highest BCUT2D eigenvalue weighted by atomic mass is 19.1. The summed E-state index contributed by atoms with van der Waals surface area (Å²) in [7, 11) is 1.61. The Labute approximate surface area is 121 Å². The highest BCUT2D eigenvalue weighted by molar-refractivity contribution is 5.80. The molecule has 0 radical (unpaired) electrons. The lowest BCUT2D eigenvalue weighted by molar-refractivity contribution is 0.415. The van der Waals surface area contributed by atoms with Crippen LogP contribution < -0.4 is 10.1 Å². The first-order chi connectivity index (χ1) is 10.2. The zero-order valence-electron chi connectivity index (χ0n) is 11.7. The van der Waals surface area contributed by atoms with Crippen LogP contribution in [0.2, 0.25) is 0 Å². The van der Waals surface area contributed by atoms with Gasteiger partial charge in [0.1, 0.15) is 11.6 Å². The predicted molar refractivity (Wildman–Crippen MR) is 80.5 cm³/mol. The molecule has 3 aromatic rings. The molecule has 106 valence electrons. The largest absolute Gasteiger partial charge is 0.497 e. The summed E-state index contributed by atoms with van der Waals surface area (Å²) >= 11 is 0. The predicted octanol–water partition coefficient (Wildman–Crippen LogP) is 3.83. The number of aromatic nitrogens is 2. The van der Waals surface area contributed by atoms with Crippen LogP contribution in [0.1, 0.15) is 5.56 Å². The maximum absolute atomic E-state index is 13.3. The molecular weight excluding hydrogens is 269 g/mol. The van der Waals surface area contributed by atoms with Gasteiger partial charge in [0.15, 0.2) is 0 Å². The zero-order chi connectivity index (χ0) is 14.8. The van der Waals surface area contributed by atoms with E-state index in [0.29, 0.717) is 11.5 Å². The van der Waals surface area contributed by atoms with E-state index in [1.54, 1.807) is 32.4 Å². The summed E-state index contributed by atoms with van der Waals surface area (Å²) in [4.78, 5) is 8.69. The molecule has 0 aliphatic carbocycles. The molecule has 0 amide bonds. The highest BCUT2D eigenvalue weighted by Gasteiger charge is 2.04. The number of ether oxygens (including phenoxy) is 1. The molecule has 1 aromatic heterocycles. The minimum absolute atomic E-state index is 0.232. The number of benzene rings is 2. The Hall–Kier alpha value is -2.69. The van der Waals surface area contributed by atoms with E-state index in [1.807, 2.05) is 18.2 Å². The maximum Gasteiger partial charge on any atom is 0.227 e. The Balaban J connectivity index is 1.94. The number of halogens is 1. The van der Waals surface area contributed by atoms with E-state index in [4.69, 9.17) is 4.74 Å². The van der Waals surface area contributed by atoms with E-state index in [2.05, 4.69) is 15.3 Å². The van der Waals surface area contributed by atoms with Gasteiger partial charge in [-0.25, -0.2) is 14.4 Å². The van der Waals surface area contributed by atoms with Crippen molar-refractivity contribution < 1.29 is 9.13 Å². The van der Waals surface area contributed by atoms with Gasteiger partial charge in [-0.3, -0.25) is 0 Å². The summed E-state index contributed by atoms with van der Waals surface area (Å²) in [5.74, 6) is 0.969. The Bertz CT molecular complexity index is 805. The van der Waals surface area contributed by atoms with Crippen molar-refractivity contribution >= 4 is 22.5 Å². The monoisotopic (exact) mass is 283 g/mol. The molecule has 0 fully saturated rings. The molecule has 0 saturated heterocycles. The van der Waals surface area contributed by atoms with Crippen molar-refractivity contribution in [2.24, 2.45) is 0 Å². The van der Waals surface area contributed by atoms with Crippen molar-refractivity contribution in [1.29, 1.82) is 0 Å². The van der Waals surface area contributed by atoms with E-state index < -0.39 is 0 Å². The van der Waals surface area contributed by atoms with E-state index in [9.17, 15) is 4.39 Å². The molecule has 21 heavy (non-hydrogen) atoms. The van der Waals surface area contributed by atoms with Crippen LogP contribution >= 0.6 is 0 Å². The molecule has 2 aromatic carbocycles. The lowest BCUT2D eigenvalue weighted by atomic mass is 10.2. The molecule has 0 aliphatic rings. The van der Waals surface area contributed by atoms with E-state index in [0.717, 1.165) is 22.3 Å². The molecular formula is C16H14FN3O. The molecule has 5 heteroatoms. The van der Waals surface area contributed by atoms with Crippen molar-refractivity contribution in [3.63, 3.8) is 0 Å². The van der Waals surface area contributed by atoms with Crippen molar-refractivity contribution in [3.8, 4) is 5.75 Å². The van der Waals surface area contributed by atoms with E-state index >= 15 is 0 Å². The maximum atomic E-state index is 13.3. The Morgan fingerprint density at radius 3 is 2.76 bits per heavy atom. The number of rotatable bonds is 3. The number of fused-ring (bicyclic) bond motifs is 1. The molecule has 0 spiro atoms. The Morgan fingerprint density at radius 1 is 1.14 bits per heavy atom. The fourth-order valence-corrected chi connectivity index (χ4v) is 2.04. The Kier molecular flexibility index (Phi) is 3.39. The third-order valence-electron chi connectivity index (χ3n) is 3.20. The van der Waals surface area contributed by atoms with Crippen LogP contribution in [0.3, 0.4) is 0 Å². The average Bonchev–Trinajstić information content (AvgIpc) is 2.50. The summed E-state index contributed by atoms with van der Waals surface area (Å²) in [6, 6.07) is 10.4. The smallest absolute Gasteiger partial charge is 0.227 e. The normalized spacial score (nSPS) is 10.6. The zero-order valence-corrected chi connectivity index (χ0v) is 11.7. The first kappa shape index (κ1) is 13.3. The minimum Gasteiger partial charge on any atom is -0.497 e. The molecule has 1 N–H and O–H groups in total. The number of hydrogen-bond acceptors (Lipinski definition) is 4. The fraction of sp³-hybridized carbons (Fsp3) is 0.125. The molecule has 0 aliphatic heterocycles. The van der Waals surface area contributed by atoms with Crippen LogP contribution in [0.4, 0.5) is 16.0 Å². The van der Waals surface area contributed by atoms with Gasteiger partial charge < -0.3 is 10.1 Å². The van der Waals surface area contributed by atoms with Crippen molar-refractivity contribution in [2.75, 3.05) is 12.4 Å². The van der Waals surface area contributed by atoms with Crippen LogP contribution in [0.15, 0.2) is 42.6 Å². The number of nitrogens with zero attached hydrogens (tertiary/aromatic N) is 2. The van der Waals surface area contributed by atoms with Gasteiger partial charge in [-0.1, -0.05) is 0 Å². The number of nitrogens with one attached hydrogen (secondary N) is 1. The van der Waals surface area contributed by atoms with Crippen molar-refractivity contribution in [3.05, 3.63) is 54.0 Å². The van der Waals surface area contributed by atoms with Gasteiger partial charge in [0.05, 0.1) is 12.6 Å². The lowest BCUT2D eigenvalue weighted by Crippen LogP contribution is -1.98. The summed E-state index contributed by atoms with van der Waals surface area (Å²) in [5.41, 5.74) is 2.10. The molecule has 0 atom stereocenters. The standard InChI is InChI=1S/C16H14FN3O/c1-10-7-12(4-6-14(10)17)19-16-18-9-11-3-5-13(21-2)8-15(11)20-16/h3-9H,1-2H3,(H,18,19,20). The lowest BCUT2D eigenvalue weighted by Gasteiger charge is -2.07. The first-order valence-electron chi connectivity index (χ1n) is 6.50. The van der Waals surface area contributed by atoms with Gasteiger partial charge >= 0.3 is 0 Å². The van der Waals surface area contributed by atoms with Gasteiger partial charge in [-0.2, -0.15) is 0 Å². The van der Waals surface area contributed by atoms with Crippen LogP contribution in [0, 0.1) is 12.7 Å². The number of methoxy groups -OCH3 is 1. The third-order valence-corrected chi connectivity index (χ3v) is 3.20. The second-order valence-corrected chi connectivity index (χ2v) is 4.71. The Morgan fingerprint density at radius 2 is 2.00 bits per heavy atom. The molecule has 1 heterocycles. The minimum atomic E-state index is -0.232. The summed E-state index contributed by atoms with van der Waals surface area (Å²) < 4.78 is 18.4. The molecule has 4 nitrogen and oxygen atoms in total. The third kappa shape index (κ3) is 2.76. The SMILES string of the molecule is COc1ccc2cnc(Nc3ccc(F)c(C)c3)nc2c1. The van der Waals surface area contributed by atoms with Crippen LogP contribution in [-0.2, 0) is 0 Å². The van der Waals surface area contributed by atoms with E-state index in [1.165, 1.54) is 6.07 Å². The second kappa shape index (κ2) is 5.36. The topological polar surface area (TPSA) is 47.0 Å². The first-order valence-corrected chi connectivity index (χ1v) is 6.50. The summed E-state index contributed by atoms with van der Waals surface area (Å²) in [6.45, 7) is 1.71. The quantitative estimate of drug-likeness (QED) is 0.793. The molecule has 0 bridgehead atoms. The van der Waals surface area contributed by atoms with Crippen LogP contribution in [-0.4, -0.2) is 17.1 Å². The van der Waals surface area contributed by atoms with Gasteiger partial charge in [0, 0.05) is 23.3 Å². The molecule has 0 unspecified atom stereocenters. The van der Waals surface area contributed by atoms with Gasteiger partial charge in [-0.15, -0.1) is 0 Å². The van der Waals surface area contributed by atoms with Gasteiger partial charge in [0.2, 0.25) is 5.95 Å².